The Morgan fingerprint density at radius 2 is 2.56 bits per heavy atom. The number of thiocarbonyl (C=S) groups is 1. The van der Waals surface area contributed by atoms with Gasteiger partial charge in [0.05, 0.1) is 13.2 Å². The minimum Gasteiger partial charge on any atom is -0.493 e. The molecule has 0 radical (unpaired) electrons. The largest absolute Gasteiger partial charge is 0.493 e. The number of nitrogens with one attached hydrogen (secondary N) is 2. The van der Waals surface area contributed by atoms with Crippen LogP contribution >= 0.6 is 12.2 Å². The van der Waals surface area contributed by atoms with Crippen LogP contribution in [0.25, 0.3) is 0 Å². The maximum Gasteiger partial charge on any atom is 0.174 e. The van der Waals surface area contributed by atoms with E-state index in [1.165, 1.54) is 0 Å². The average Bonchev–Trinajstić information content (AvgIpc) is 2.90. The maximum atomic E-state index is 5.51. The van der Waals surface area contributed by atoms with Crippen LogP contribution in [0, 0.1) is 0 Å². The summed E-state index contributed by atoms with van der Waals surface area (Å²) in [6, 6.07) is 3.64. The summed E-state index contributed by atoms with van der Waals surface area (Å²) in [4.78, 5) is 4.17. The van der Waals surface area contributed by atoms with Gasteiger partial charge in [-0.3, -0.25) is 0 Å². The smallest absolute Gasteiger partial charge is 0.174 e. The van der Waals surface area contributed by atoms with Crippen LogP contribution in [0.1, 0.15) is 12.8 Å². The van der Waals surface area contributed by atoms with Crippen LogP contribution in [0.15, 0.2) is 18.3 Å². The normalized spacial score (nSPS) is 18.4. The fraction of sp³-hybridized carbons (Fsp3) is 0.500. The second-order valence-corrected chi connectivity index (χ2v) is 4.43. The van der Waals surface area contributed by atoms with Gasteiger partial charge in [0.15, 0.2) is 16.7 Å². The molecule has 1 saturated heterocycles. The summed E-state index contributed by atoms with van der Waals surface area (Å²) < 4.78 is 10.7. The van der Waals surface area contributed by atoms with E-state index in [1.807, 2.05) is 12.1 Å². The van der Waals surface area contributed by atoms with E-state index < -0.39 is 0 Å². The minimum atomic E-state index is 0.260. The molecule has 0 spiro atoms. The lowest BCUT2D eigenvalue weighted by Gasteiger charge is -2.14. The SMILES string of the molecule is COc1cccnc1NC(=S)NC[C@@H]1CCCO1. The third kappa shape index (κ3) is 3.54. The minimum absolute atomic E-state index is 0.260. The molecular formula is C12H17N3O2S. The fourth-order valence-electron chi connectivity index (χ4n) is 1.81. The number of hydrogen-bond acceptors (Lipinski definition) is 4. The number of hydrogen-bond donors (Lipinski definition) is 2. The molecule has 1 fully saturated rings. The predicted octanol–water partition coefficient (Wildman–Crippen LogP) is 1.56. The summed E-state index contributed by atoms with van der Waals surface area (Å²) in [6.45, 7) is 1.57. The highest BCUT2D eigenvalue weighted by atomic mass is 32.1. The molecule has 18 heavy (non-hydrogen) atoms. The molecule has 0 aromatic carbocycles. The summed E-state index contributed by atoms with van der Waals surface area (Å²) >= 11 is 5.20. The highest BCUT2D eigenvalue weighted by Crippen LogP contribution is 2.19. The first-order valence-electron chi connectivity index (χ1n) is 5.95. The van der Waals surface area contributed by atoms with Crippen molar-refractivity contribution in [1.29, 1.82) is 0 Å². The Morgan fingerprint density at radius 3 is 3.28 bits per heavy atom. The molecule has 0 aliphatic carbocycles. The molecule has 1 aliphatic rings. The molecule has 1 atom stereocenters. The van der Waals surface area contributed by atoms with Crippen molar-refractivity contribution < 1.29 is 9.47 Å². The Kier molecular flexibility index (Phi) is 4.72. The van der Waals surface area contributed by atoms with Crippen LogP contribution < -0.4 is 15.4 Å². The van der Waals surface area contributed by atoms with Crippen LogP contribution in [0.4, 0.5) is 5.82 Å². The third-order valence-electron chi connectivity index (χ3n) is 2.74. The van der Waals surface area contributed by atoms with E-state index in [-0.39, 0.29) is 6.10 Å². The topological polar surface area (TPSA) is 55.4 Å². The molecular weight excluding hydrogens is 250 g/mol. The van der Waals surface area contributed by atoms with Crippen molar-refractivity contribution in [1.82, 2.24) is 10.3 Å². The van der Waals surface area contributed by atoms with E-state index in [0.29, 0.717) is 16.7 Å². The number of nitrogens with zero attached hydrogens (tertiary/aromatic N) is 1. The van der Waals surface area contributed by atoms with E-state index in [9.17, 15) is 0 Å². The molecule has 0 unspecified atom stereocenters. The second-order valence-electron chi connectivity index (χ2n) is 4.02. The lowest BCUT2D eigenvalue weighted by molar-refractivity contribution is 0.114. The second kappa shape index (κ2) is 6.51. The van der Waals surface area contributed by atoms with E-state index in [4.69, 9.17) is 21.7 Å². The Balaban J connectivity index is 1.82. The van der Waals surface area contributed by atoms with Crippen LogP contribution in [-0.4, -0.2) is 36.5 Å². The maximum absolute atomic E-state index is 5.51. The standard InChI is InChI=1S/C12H17N3O2S/c1-16-10-5-2-6-13-11(10)15-12(18)14-8-9-4-3-7-17-9/h2,5-6,9H,3-4,7-8H2,1H3,(H2,13,14,15,18)/t9-/m0/s1. The highest BCUT2D eigenvalue weighted by molar-refractivity contribution is 7.80. The van der Waals surface area contributed by atoms with Gasteiger partial charge in [0.25, 0.3) is 0 Å². The number of ether oxygens (including phenoxy) is 2. The van der Waals surface area contributed by atoms with Gasteiger partial charge in [-0.1, -0.05) is 0 Å². The first-order valence-corrected chi connectivity index (χ1v) is 6.36. The van der Waals surface area contributed by atoms with Crippen LogP contribution in [0.3, 0.4) is 0 Å². The van der Waals surface area contributed by atoms with Crippen molar-refractivity contribution in [2.24, 2.45) is 0 Å². The van der Waals surface area contributed by atoms with Crippen molar-refractivity contribution in [2.75, 3.05) is 25.6 Å². The van der Waals surface area contributed by atoms with Gasteiger partial charge in [-0.25, -0.2) is 4.98 Å². The highest BCUT2D eigenvalue weighted by Gasteiger charge is 2.15. The molecule has 5 nitrogen and oxygen atoms in total. The Bertz CT molecular complexity index is 408. The number of pyridine rings is 1. The first kappa shape index (κ1) is 13.0. The van der Waals surface area contributed by atoms with Crippen LogP contribution in [0.2, 0.25) is 0 Å². The molecule has 2 rings (SSSR count). The van der Waals surface area contributed by atoms with Gasteiger partial charge in [-0.05, 0) is 37.2 Å². The summed E-state index contributed by atoms with van der Waals surface area (Å²) in [5.74, 6) is 1.28. The lowest BCUT2D eigenvalue weighted by Crippen LogP contribution is -2.35. The average molecular weight is 267 g/mol. The number of rotatable bonds is 4. The van der Waals surface area contributed by atoms with Crippen molar-refractivity contribution >= 4 is 23.1 Å². The molecule has 1 aliphatic heterocycles. The van der Waals surface area contributed by atoms with Crippen molar-refractivity contribution in [3.05, 3.63) is 18.3 Å². The predicted molar refractivity (Wildman–Crippen MR) is 74.0 cm³/mol. The van der Waals surface area contributed by atoms with E-state index >= 15 is 0 Å². The zero-order valence-electron chi connectivity index (χ0n) is 10.3. The van der Waals surface area contributed by atoms with Gasteiger partial charge in [-0.2, -0.15) is 0 Å². The van der Waals surface area contributed by atoms with Crippen LogP contribution in [-0.2, 0) is 4.74 Å². The molecule has 0 amide bonds. The molecule has 1 aromatic heterocycles. The van der Waals surface area contributed by atoms with E-state index in [2.05, 4.69) is 15.6 Å². The number of anilines is 1. The zero-order chi connectivity index (χ0) is 12.8. The van der Waals surface area contributed by atoms with E-state index in [0.717, 1.165) is 26.0 Å². The Hall–Kier alpha value is -1.40. The first-order chi connectivity index (χ1) is 8.79. The number of aromatic nitrogens is 1. The summed E-state index contributed by atoms with van der Waals surface area (Å²) in [7, 11) is 1.60. The van der Waals surface area contributed by atoms with Crippen molar-refractivity contribution in [3.63, 3.8) is 0 Å². The van der Waals surface area contributed by atoms with Gasteiger partial charge in [-0.15, -0.1) is 0 Å². The molecule has 2 heterocycles. The molecule has 6 heteroatoms. The quantitative estimate of drug-likeness (QED) is 0.807. The monoisotopic (exact) mass is 267 g/mol. The molecule has 98 valence electrons. The fourth-order valence-corrected chi connectivity index (χ4v) is 1.99. The van der Waals surface area contributed by atoms with Gasteiger partial charge in [0.1, 0.15) is 0 Å². The zero-order valence-corrected chi connectivity index (χ0v) is 11.1. The number of methoxy groups -OCH3 is 1. The van der Waals surface area contributed by atoms with Crippen molar-refractivity contribution in [2.45, 2.75) is 18.9 Å². The summed E-state index contributed by atoms with van der Waals surface area (Å²) in [5, 5.41) is 6.67. The van der Waals surface area contributed by atoms with Gasteiger partial charge < -0.3 is 20.1 Å². The van der Waals surface area contributed by atoms with E-state index in [1.54, 1.807) is 13.3 Å². The lowest BCUT2D eigenvalue weighted by atomic mass is 10.2. The van der Waals surface area contributed by atoms with Crippen molar-refractivity contribution in [3.8, 4) is 5.75 Å². The van der Waals surface area contributed by atoms with Gasteiger partial charge in [0.2, 0.25) is 0 Å². The Labute approximate surface area is 112 Å². The third-order valence-corrected chi connectivity index (χ3v) is 2.98. The molecule has 0 saturated carbocycles. The Morgan fingerprint density at radius 1 is 1.67 bits per heavy atom. The molecule has 1 aromatic rings. The van der Waals surface area contributed by atoms with Crippen LogP contribution in [0.5, 0.6) is 5.75 Å². The van der Waals surface area contributed by atoms with Gasteiger partial charge >= 0.3 is 0 Å². The van der Waals surface area contributed by atoms with Gasteiger partial charge in [0, 0.05) is 19.3 Å². The summed E-state index contributed by atoms with van der Waals surface area (Å²) in [6.07, 6.45) is 4.16. The molecule has 0 bridgehead atoms. The summed E-state index contributed by atoms with van der Waals surface area (Å²) in [5.41, 5.74) is 0. The molecule has 2 N–H and O–H groups in total.